The van der Waals surface area contributed by atoms with Gasteiger partial charge in [0, 0.05) is 37.9 Å². The summed E-state index contributed by atoms with van der Waals surface area (Å²) in [5, 5.41) is 3.43. The van der Waals surface area contributed by atoms with Gasteiger partial charge in [0.25, 0.3) is 5.91 Å². The maximum Gasteiger partial charge on any atom is 0.255 e. The van der Waals surface area contributed by atoms with E-state index in [1.54, 1.807) is 12.3 Å². The molecule has 0 radical (unpaired) electrons. The summed E-state index contributed by atoms with van der Waals surface area (Å²) in [6.07, 6.45) is 5.52. The standard InChI is InChI=1S/C22H25N3O/c1-4-7-16(2)14-25-15-19-11-18(10-17(3)21(19)22(25)26)12-23-13-20-8-5-6-9-24-20/h4-11,23H,1,12-15H2,2-3H3/b16-7+. The van der Waals surface area contributed by atoms with Crippen molar-refractivity contribution in [2.24, 2.45) is 0 Å². The number of nitrogens with zero attached hydrogens (tertiary/aromatic N) is 2. The Morgan fingerprint density at radius 1 is 1.35 bits per heavy atom. The molecule has 0 bridgehead atoms. The molecule has 134 valence electrons. The van der Waals surface area contributed by atoms with Crippen LogP contribution in [0.3, 0.4) is 0 Å². The van der Waals surface area contributed by atoms with E-state index in [0.717, 1.165) is 41.0 Å². The van der Waals surface area contributed by atoms with Crippen LogP contribution in [0.1, 0.15) is 39.7 Å². The Labute approximate surface area is 155 Å². The van der Waals surface area contributed by atoms with Crippen LogP contribution >= 0.6 is 0 Å². The van der Waals surface area contributed by atoms with Crippen molar-refractivity contribution in [1.82, 2.24) is 15.2 Å². The molecule has 0 spiro atoms. The molecule has 2 heterocycles. The van der Waals surface area contributed by atoms with Crippen LogP contribution in [0.25, 0.3) is 0 Å². The molecule has 1 aromatic carbocycles. The van der Waals surface area contributed by atoms with E-state index in [2.05, 4.69) is 29.0 Å². The summed E-state index contributed by atoms with van der Waals surface area (Å²) in [5.41, 5.74) is 6.40. The van der Waals surface area contributed by atoms with Gasteiger partial charge < -0.3 is 10.2 Å². The molecule has 1 amide bonds. The Morgan fingerprint density at radius 2 is 2.19 bits per heavy atom. The molecule has 0 aliphatic carbocycles. The van der Waals surface area contributed by atoms with Gasteiger partial charge in [-0.25, -0.2) is 0 Å². The minimum atomic E-state index is 0.127. The van der Waals surface area contributed by atoms with Crippen molar-refractivity contribution in [2.75, 3.05) is 6.54 Å². The zero-order valence-electron chi connectivity index (χ0n) is 15.5. The number of allylic oxidation sites excluding steroid dienone is 2. The first-order valence-corrected chi connectivity index (χ1v) is 8.89. The van der Waals surface area contributed by atoms with Crippen LogP contribution in [0.4, 0.5) is 0 Å². The molecule has 0 saturated carbocycles. The van der Waals surface area contributed by atoms with Crippen LogP contribution < -0.4 is 5.32 Å². The molecule has 1 aliphatic rings. The third-order valence-electron chi connectivity index (χ3n) is 4.54. The van der Waals surface area contributed by atoms with Gasteiger partial charge in [-0.2, -0.15) is 0 Å². The number of carbonyl (C=O) groups is 1. The molecular formula is C22H25N3O. The largest absolute Gasteiger partial charge is 0.330 e. The quantitative estimate of drug-likeness (QED) is 0.776. The Hall–Kier alpha value is -2.72. The second-order valence-corrected chi connectivity index (χ2v) is 6.78. The van der Waals surface area contributed by atoms with Crippen molar-refractivity contribution in [2.45, 2.75) is 33.5 Å². The number of carbonyl (C=O) groups excluding carboxylic acids is 1. The Morgan fingerprint density at radius 3 is 2.92 bits per heavy atom. The molecule has 0 atom stereocenters. The van der Waals surface area contributed by atoms with Gasteiger partial charge >= 0.3 is 0 Å². The van der Waals surface area contributed by atoms with E-state index in [0.29, 0.717) is 13.1 Å². The van der Waals surface area contributed by atoms with E-state index in [9.17, 15) is 4.79 Å². The van der Waals surface area contributed by atoms with Crippen LogP contribution in [0, 0.1) is 6.92 Å². The van der Waals surface area contributed by atoms with E-state index < -0.39 is 0 Å². The van der Waals surface area contributed by atoms with Crippen LogP contribution in [-0.4, -0.2) is 22.3 Å². The summed E-state index contributed by atoms with van der Waals surface area (Å²) >= 11 is 0. The Bertz CT molecular complexity index is 840. The van der Waals surface area contributed by atoms with Crippen LogP contribution in [0.5, 0.6) is 0 Å². The topological polar surface area (TPSA) is 45.2 Å². The van der Waals surface area contributed by atoms with Gasteiger partial charge in [-0.1, -0.05) is 42.5 Å². The van der Waals surface area contributed by atoms with Crippen LogP contribution in [0.2, 0.25) is 0 Å². The van der Waals surface area contributed by atoms with Gasteiger partial charge in [-0.05, 0) is 42.7 Å². The molecule has 4 nitrogen and oxygen atoms in total. The van der Waals surface area contributed by atoms with Crippen molar-refractivity contribution >= 4 is 5.91 Å². The number of rotatable bonds is 7. The highest BCUT2D eigenvalue weighted by Crippen LogP contribution is 2.28. The van der Waals surface area contributed by atoms with E-state index >= 15 is 0 Å². The first-order valence-electron chi connectivity index (χ1n) is 8.89. The lowest BCUT2D eigenvalue weighted by Crippen LogP contribution is -2.25. The highest BCUT2D eigenvalue weighted by atomic mass is 16.2. The summed E-state index contributed by atoms with van der Waals surface area (Å²) in [5.74, 6) is 0.127. The summed E-state index contributed by atoms with van der Waals surface area (Å²) in [6, 6.07) is 10.2. The summed E-state index contributed by atoms with van der Waals surface area (Å²) in [7, 11) is 0. The van der Waals surface area contributed by atoms with Gasteiger partial charge in [0.2, 0.25) is 0 Å². The fraction of sp³-hybridized carbons (Fsp3) is 0.273. The van der Waals surface area contributed by atoms with E-state index in [4.69, 9.17) is 0 Å². The first-order chi connectivity index (χ1) is 12.6. The number of fused-ring (bicyclic) bond motifs is 1. The molecule has 0 fully saturated rings. The smallest absolute Gasteiger partial charge is 0.255 e. The minimum Gasteiger partial charge on any atom is -0.330 e. The lowest BCUT2D eigenvalue weighted by Gasteiger charge is -2.15. The van der Waals surface area contributed by atoms with Crippen molar-refractivity contribution in [3.63, 3.8) is 0 Å². The monoisotopic (exact) mass is 347 g/mol. The number of hydrogen-bond donors (Lipinski definition) is 1. The van der Waals surface area contributed by atoms with E-state index in [-0.39, 0.29) is 5.91 Å². The highest BCUT2D eigenvalue weighted by molar-refractivity contribution is 6.00. The van der Waals surface area contributed by atoms with Gasteiger partial charge in [-0.3, -0.25) is 9.78 Å². The number of aromatic nitrogens is 1. The molecule has 1 aromatic heterocycles. The summed E-state index contributed by atoms with van der Waals surface area (Å²) in [6.45, 7) is 10.6. The molecule has 2 aromatic rings. The molecule has 0 saturated heterocycles. The molecule has 0 unspecified atom stereocenters. The molecule has 1 N–H and O–H groups in total. The van der Waals surface area contributed by atoms with Crippen molar-refractivity contribution in [1.29, 1.82) is 0 Å². The second kappa shape index (κ2) is 8.11. The number of hydrogen-bond acceptors (Lipinski definition) is 3. The zero-order chi connectivity index (χ0) is 18.5. The van der Waals surface area contributed by atoms with Gasteiger partial charge in [-0.15, -0.1) is 0 Å². The summed E-state index contributed by atoms with van der Waals surface area (Å²) in [4.78, 5) is 18.9. The van der Waals surface area contributed by atoms with Crippen molar-refractivity contribution in [3.05, 3.63) is 88.8 Å². The fourth-order valence-corrected chi connectivity index (χ4v) is 3.43. The van der Waals surface area contributed by atoms with E-state index in [1.807, 2.05) is 43.0 Å². The third-order valence-corrected chi connectivity index (χ3v) is 4.54. The average Bonchev–Trinajstić information content (AvgIpc) is 2.92. The first kappa shape index (κ1) is 18.1. The predicted octanol–water partition coefficient (Wildman–Crippen LogP) is 3.77. The maximum atomic E-state index is 12.7. The van der Waals surface area contributed by atoms with Crippen LogP contribution in [0.15, 0.2) is 60.8 Å². The van der Waals surface area contributed by atoms with Gasteiger partial charge in [0.15, 0.2) is 0 Å². The van der Waals surface area contributed by atoms with Gasteiger partial charge in [0.1, 0.15) is 0 Å². The number of amides is 1. The normalized spacial score (nSPS) is 13.8. The second-order valence-electron chi connectivity index (χ2n) is 6.78. The lowest BCUT2D eigenvalue weighted by molar-refractivity contribution is 0.0792. The highest BCUT2D eigenvalue weighted by Gasteiger charge is 2.29. The zero-order valence-corrected chi connectivity index (χ0v) is 15.5. The third kappa shape index (κ3) is 4.09. The molecule has 1 aliphatic heterocycles. The van der Waals surface area contributed by atoms with Crippen molar-refractivity contribution in [3.8, 4) is 0 Å². The van der Waals surface area contributed by atoms with Gasteiger partial charge in [0.05, 0.1) is 5.69 Å². The van der Waals surface area contributed by atoms with Crippen molar-refractivity contribution < 1.29 is 4.79 Å². The Balaban J connectivity index is 1.68. The number of pyridine rings is 1. The number of benzene rings is 1. The Kier molecular flexibility index (Phi) is 5.64. The number of aryl methyl sites for hydroxylation is 1. The molecular weight excluding hydrogens is 322 g/mol. The van der Waals surface area contributed by atoms with Crippen LogP contribution in [-0.2, 0) is 19.6 Å². The maximum absolute atomic E-state index is 12.7. The predicted molar refractivity (Wildman–Crippen MR) is 105 cm³/mol. The lowest BCUT2D eigenvalue weighted by atomic mass is 10.0. The number of nitrogens with one attached hydrogen (secondary N) is 1. The molecule has 3 rings (SSSR count). The fourth-order valence-electron chi connectivity index (χ4n) is 3.43. The summed E-state index contributed by atoms with van der Waals surface area (Å²) < 4.78 is 0. The van der Waals surface area contributed by atoms with E-state index in [1.165, 1.54) is 5.56 Å². The minimum absolute atomic E-state index is 0.127. The average molecular weight is 347 g/mol. The SMILES string of the molecule is C=C/C=C(\C)CN1Cc2cc(CNCc3ccccn3)cc(C)c2C1=O. The molecule has 4 heteroatoms. The molecule has 26 heavy (non-hydrogen) atoms.